The van der Waals surface area contributed by atoms with Gasteiger partial charge in [0.15, 0.2) is 0 Å². The van der Waals surface area contributed by atoms with Crippen molar-refractivity contribution in [2.45, 2.75) is 31.9 Å². The van der Waals surface area contributed by atoms with Gasteiger partial charge in [0.25, 0.3) is 0 Å². The first kappa shape index (κ1) is 22.4. The Balaban J connectivity index is 0.00000101. The summed E-state index contributed by atoms with van der Waals surface area (Å²) in [5, 5.41) is 18.9. The molecule has 25 heavy (non-hydrogen) atoms. The minimum atomic E-state index is -1.07. The molecule has 140 valence electrons. The molecule has 1 rings (SSSR count). The van der Waals surface area contributed by atoms with Gasteiger partial charge in [-0.05, 0) is 31.4 Å². The van der Waals surface area contributed by atoms with Crippen LogP contribution in [0.15, 0.2) is 30.3 Å². The van der Waals surface area contributed by atoms with E-state index in [4.69, 9.17) is 20.7 Å². The normalized spacial score (nSPS) is 10.8. The maximum atomic E-state index is 11.5. The highest BCUT2D eigenvalue weighted by Gasteiger charge is 2.19. The number of nitrogens with one attached hydrogen (secondary N) is 1. The van der Waals surface area contributed by atoms with Crippen molar-refractivity contribution < 1.29 is 29.3 Å². The second kappa shape index (κ2) is 13.8. The van der Waals surface area contributed by atoms with Gasteiger partial charge in [0.1, 0.15) is 12.6 Å². The summed E-state index contributed by atoms with van der Waals surface area (Å²) in [6.07, 6.45) is 0.984. The van der Waals surface area contributed by atoms with Gasteiger partial charge < -0.3 is 31.7 Å². The molecule has 0 aliphatic heterocycles. The molecule has 0 spiro atoms. The summed E-state index contributed by atoms with van der Waals surface area (Å²) in [5.74, 6) is -2.04. The van der Waals surface area contributed by atoms with E-state index in [1.807, 2.05) is 30.3 Å². The van der Waals surface area contributed by atoms with Crippen LogP contribution in [0.1, 0.15) is 24.8 Å². The standard InChI is InChI=1S/C14H20N2O4.C2H5NO2/c15-9-5-4-8-12(13(17)18)16-14(19)20-10-11-6-2-1-3-7-11;3-1-2(4)5/h1-3,6-7,12H,4-5,8-10,15H2,(H,16,19)(H,17,18);1,3H2,(H,4,5). The summed E-state index contributed by atoms with van der Waals surface area (Å²) in [6.45, 7) is 0.340. The fraction of sp³-hybridized carbons (Fsp3) is 0.438. The molecule has 0 aromatic heterocycles. The Labute approximate surface area is 146 Å². The van der Waals surface area contributed by atoms with Gasteiger partial charge in [-0.3, -0.25) is 4.79 Å². The molecule has 1 aromatic carbocycles. The molecule has 0 saturated heterocycles. The first-order chi connectivity index (χ1) is 11.9. The molecule has 0 radical (unpaired) electrons. The van der Waals surface area contributed by atoms with Crippen LogP contribution in [0.3, 0.4) is 0 Å². The molecule has 1 aromatic rings. The van der Waals surface area contributed by atoms with Crippen LogP contribution in [0.5, 0.6) is 0 Å². The molecule has 0 bridgehead atoms. The van der Waals surface area contributed by atoms with Gasteiger partial charge >= 0.3 is 18.0 Å². The third-order valence-electron chi connectivity index (χ3n) is 2.92. The van der Waals surface area contributed by atoms with Crippen molar-refractivity contribution in [1.29, 1.82) is 0 Å². The molecule has 0 fully saturated rings. The Kier molecular flexibility index (Phi) is 12.3. The molecule has 1 amide bonds. The lowest BCUT2D eigenvalue weighted by Crippen LogP contribution is -2.41. The van der Waals surface area contributed by atoms with Crippen LogP contribution < -0.4 is 16.8 Å². The highest BCUT2D eigenvalue weighted by atomic mass is 16.5. The van der Waals surface area contributed by atoms with Gasteiger partial charge in [0.2, 0.25) is 0 Å². The molecule has 0 heterocycles. The number of nitrogens with two attached hydrogens (primary N) is 2. The Morgan fingerprint density at radius 3 is 2.16 bits per heavy atom. The Hall–Kier alpha value is -2.65. The first-order valence-electron chi connectivity index (χ1n) is 7.72. The van der Waals surface area contributed by atoms with Crippen molar-refractivity contribution in [3.05, 3.63) is 35.9 Å². The van der Waals surface area contributed by atoms with Gasteiger partial charge in [-0.15, -0.1) is 0 Å². The van der Waals surface area contributed by atoms with E-state index in [-0.39, 0.29) is 13.2 Å². The van der Waals surface area contributed by atoms with Crippen LogP contribution in [0.2, 0.25) is 0 Å². The van der Waals surface area contributed by atoms with Gasteiger partial charge in [-0.1, -0.05) is 30.3 Å². The number of carbonyl (C=O) groups excluding carboxylic acids is 1. The fourth-order valence-electron chi connectivity index (χ4n) is 1.66. The van der Waals surface area contributed by atoms with Gasteiger partial charge in [-0.25, -0.2) is 9.59 Å². The Bertz CT molecular complexity index is 524. The van der Waals surface area contributed by atoms with Crippen LogP contribution in [-0.2, 0) is 20.9 Å². The number of ether oxygens (including phenoxy) is 1. The number of carboxylic acid groups (broad SMARTS) is 2. The predicted octanol–water partition coefficient (Wildman–Crippen LogP) is 0.525. The summed E-state index contributed by atoms with van der Waals surface area (Å²) in [7, 11) is 0. The molecule has 0 aliphatic carbocycles. The number of amides is 1. The smallest absolute Gasteiger partial charge is 0.408 e. The van der Waals surface area contributed by atoms with Gasteiger partial charge in [0, 0.05) is 0 Å². The summed E-state index contributed by atoms with van der Waals surface area (Å²) >= 11 is 0. The van der Waals surface area contributed by atoms with E-state index in [1.165, 1.54) is 0 Å². The highest BCUT2D eigenvalue weighted by molar-refractivity contribution is 5.79. The van der Waals surface area contributed by atoms with Gasteiger partial charge in [0.05, 0.1) is 6.54 Å². The maximum Gasteiger partial charge on any atom is 0.408 e. The molecule has 0 saturated carbocycles. The van der Waals surface area contributed by atoms with Gasteiger partial charge in [-0.2, -0.15) is 0 Å². The van der Waals surface area contributed by atoms with E-state index in [0.29, 0.717) is 19.4 Å². The lowest BCUT2D eigenvalue weighted by atomic mass is 10.1. The molecule has 1 atom stereocenters. The van der Waals surface area contributed by atoms with Crippen molar-refractivity contribution in [1.82, 2.24) is 5.32 Å². The minimum absolute atomic E-state index is 0.113. The largest absolute Gasteiger partial charge is 0.480 e. The number of carbonyl (C=O) groups is 3. The van der Waals surface area contributed by atoms with Crippen LogP contribution in [0.4, 0.5) is 4.79 Å². The van der Waals surface area contributed by atoms with Crippen molar-refractivity contribution in [2.24, 2.45) is 11.5 Å². The molecule has 7 N–H and O–H groups in total. The zero-order chi connectivity index (χ0) is 19.1. The lowest BCUT2D eigenvalue weighted by molar-refractivity contribution is -0.139. The summed E-state index contributed by atoms with van der Waals surface area (Å²) in [4.78, 5) is 31.8. The monoisotopic (exact) mass is 355 g/mol. The first-order valence-corrected chi connectivity index (χ1v) is 7.72. The van der Waals surface area contributed by atoms with E-state index in [9.17, 15) is 14.4 Å². The molecule has 9 heteroatoms. The van der Waals surface area contributed by atoms with Crippen LogP contribution >= 0.6 is 0 Å². The zero-order valence-electron chi connectivity index (χ0n) is 13.9. The quantitative estimate of drug-likeness (QED) is 0.400. The molecular formula is C16H25N3O6. The topological polar surface area (TPSA) is 165 Å². The van der Waals surface area contributed by atoms with E-state index >= 15 is 0 Å². The van der Waals surface area contributed by atoms with Crippen LogP contribution in [0.25, 0.3) is 0 Å². The highest BCUT2D eigenvalue weighted by Crippen LogP contribution is 2.03. The number of hydrogen-bond donors (Lipinski definition) is 5. The number of hydrogen-bond acceptors (Lipinski definition) is 6. The number of unbranched alkanes of at least 4 members (excludes halogenated alkanes) is 1. The van der Waals surface area contributed by atoms with Crippen molar-refractivity contribution >= 4 is 18.0 Å². The zero-order valence-corrected chi connectivity index (χ0v) is 13.9. The SMILES string of the molecule is NCC(=O)O.NCCCCC(NC(=O)OCc1ccccc1)C(=O)O. The Morgan fingerprint density at radius 2 is 1.68 bits per heavy atom. The third kappa shape index (κ3) is 12.4. The predicted molar refractivity (Wildman–Crippen MR) is 90.8 cm³/mol. The summed E-state index contributed by atoms with van der Waals surface area (Å²) in [5.41, 5.74) is 10.8. The number of rotatable bonds is 9. The van der Waals surface area contributed by atoms with E-state index in [0.717, 1.165) is 12.0 Å². The van der Waals surface area contributed by atoms with E-state index < -0.39 is 24.1 Å². The molecular weight excluding hydrogens is 330 g/mol. The fourth-order valence-corrected chi connectivity index (χ4v) is 1.66. The molecule has 1 unspecified atom stereocenters. The molecule has 9 nitrogen and oxygen atoms in total. The maximum absolute atomic E-state index is 11.5. The number of alkyl carbamates (subject to hydrolysis) is 1. The average molecular weight is 355 g/mol. The number of aliphatic carboxylic acids is 2. The minimum Gasteiger partial charge on any atom is -0.480 e. The van der Waals surface area contributed by atoms with E-state index in [2.05, 4.69) is 11.1 Å². The van der Waals surface area contributed by atoms with Crippen molar-refractivity contribution in [2.75, 3.05) is 13.1 Å². The number of carboxylic acids is 2. The summed E-state index contributed by atoms with van der Waals surface area (Å²) < 4.78 is 4.98. The average Bonchev–Trinajstić information content (AvgIpc) is 2.60. The second-order valence-electron chi connectivity index (χ2n) is 4.98. The Morgan fingerprint density at radius 1 is 1.08 bits per heavy atom. The van der Waals surface area contributed by atoms with Crippen LogP contribution in [0, 0.1) is 0 Å². The third-order valence-corrected chi connectivity index (χ3v) is 2.92. The molecule has 0 aliphatic rings. The van der Waals surface area contributed by atoms with Crippen molar-refractivity contribution in [3.8, 4) is 0 Å². The number of benzene rings is 1. The van der Waals surface area contributed by atoms with E-state index in [1.54, 1.807) is 0 Å². The van der Waals surface area contributed by atoms with Crippen molar-refractivity contribution in [3.63, 3.8) is 0 Å². The second-order valence-corrected chi connectivity index (χ2v) is 4.98. The summed E-state index contributed by atoms with van der Waals surface area (Å²) in [6, 6.07) is 8.24. The van der Waals surface area contributed by atoms with Crippen LogP contribution in [-0.4, -0.2) is 47.4 Å². The lowest BCUT2D eigenvalue weighted by Gasteiger charge is -2.14.